The molecule has 4 fully saturated rings. The van der Waals surface area contributed by atoms with Crippen molar-refractivity contribution in [3.05, 3.63) is 54.5 Å². The van der Waals surface area contributed by atoms with E-state index in [0.717, 1.165) is 79.6 Å². The van der Waals surface area contributed by atoms with Gasteiger partial charge in [0.1, 0.15) is 5.82 Å². The third-order valence-electron chi connectivity index (χ3n) is 8.59. The summed E-state index contributed by atoms with van der Waals surface area (Å²) in [7, 11) is 0. The molecule has 8 nitrogen and oxygen atoms in total. The minimum absolute atomic E-state index is 0.0160. The molecular weight excluding hydrogens is 476 g/mol. The predicted molar refractivity (Wildman–Crippen MR) is 144 cm³/mol. The van der Waals surface area contributed by atoms with Crippen LogP contribution >= 0.6 is 0 Å². The average molecular weight is 507 g/mol. The largest absolute Gasteiger partial charge is 0.324 e. The lowest BCUT2D eigenvalue weighted by Crippen LogP contribution is -2.47. The van der Waals surface area contributed by atoms with E-state index in [1.165, 1.54) is 0 Å². The molecule has 2 amide bonds. The third-order valence-corrected chi connectivity index (χ3v) is 8.59. The van der Waals surface area contributed by atoms with Crippen LogP contribution in [-0.2, 0) is 9.59 Å². The van der Waals surface area contributed by atoms with Gasteiger partial charge in [0.25, 0.3) is 0 Å². The second-order valence-corrected chi connectivity index (χ2v) is 11.1. The minimum atomic E-state index is -0.393. The maximum Gasteiger partial charge on any atom is 0.230 e. The van der Waals surface area contributed by atoms with E-state index in [9.17, 15) is 14.9 Å². The standard InChI is InChI=1S/C30H30N6O2/c1-19-23(16-22(17-33-19)34-28(38)30-11-8-29(18-31,9-12-30)10-13-30)25-4-2-3-24(35-25)21-7-14-32-26(15-21)36-27(37)20-5-6-20/h2-4,7,14-17,20H,5-6,8-13H2,1H3,(H,34,38)(H,32,36,37). The first-order valence-electron chi connectivity index (χ1n) is 13.3. The number of pyridine rings is 3. The summed E-state index contributed by atoms with van der Waals surface area (Å²) in [5, 5.41) is 15.6. The van der Waals surface area contributed by atoms with Gasteiger partial charge in [-0.25, -0.2) is 9.97 Å². The minimum Gasteiger partial charge on any atom is -0.324 e. The van der Waals surface area contributed by atoms with Crippen molar-refractivity contribution in [3.8, 4) is 28.6 Å². The second kappa shape index (κ2) is 9.32. The average Bonchev–Trinajstić information content (AvgIpc) is 3.81. The summed E-state index contributed by atoms with van der Waals surface area (Å²) >= 11 is 0. The van der Waals surface area contributed by atoms with Crippen molar-refractivity contribution >= 4 is 23.3 Å². The maximum absolute atomic E-state index is 13.4. The van der Waals surface area contributed by atoms with Gasteiger partial charge in [0.15, 0.2) is 0 Å². The molecule has 3 aromatic heterocycles. The van der Waals surface area contributed by atoms with Gasteiger partial charge in [0.2, 0.25) is 11.8 Å². The SMILES string of the molecule is Cc1ncc(NC(=O)C23CCC(C#N)(CC2)CC3)cc1-c1cccc(-c2ccnc(NC(=O)C3CC3)c2)n1. The van der Waals surface area contributed by atoms with Gasteiger partial charge in [-0.1, -0.05) is 6.07 Å². The van der Waals surface area contributed by atoms with E-state index >= 15 is 0 Å². The van der Waals surface area contributed by atoms with Crippen LogP contribution in [0.2, 0.25) is 0 Å². The first kappa shape index (κ1) is 24.2. The van der Waals surface area contributed by atoms with Crippen molar-refractivity contribution in [3.63, 3.8) is 0 Å². The van der Waals surface area contributed by atoms with E-state index in [2.05, 4.69) is 26.7 Å². The molecule has 38 heavy (non-hydrogen) atoms. The molecule has 8 heteroatoms. The van der Waals surface area contributed by atoms with Crippen LogP contribution in [0.25, 0.3) is 22.5 Å². The summed E-state index contributed by atoms with van der Waals surface area (Å²) in [5.41, 5.74) is 4.03. The van der Waals surface area contributed by atoms with Gasteiger partial charge in [-0.3, -0.25) is 14.6 Å². The Kier molecular flexibility index (Phi) is 5.94. The number of hydrogen-bond donors (Lipinski definition) is 2. The van der Waals surface area contributed by atoms with Crippen LogP contribution in [-0.4, -0.2) is 26.8 Å². The predicted octanol–water partition coefficient (Wildman–Crippen LogP) is 5.67. The molecular formula is C30H30N6O2. The smallest absolute Gasteiger partial charge is 0.230 e. The molecule has 3 heterocycles. The molecule has 2 N–H and O–H groups in total. The monoisotopic (exact) mass is 506 g/mol. The summed E-state index contributed by atoms with van der Waals surface area (Å²) in [6.45, 7) is 1.93. The van der Waals surface area contributed by atoms with Crippen molar-refractivity contribution in [2.24, 2.45) is 16.7 Å². The number of nitrogens with zero attached hydrogens (tertiary/aromatic N) is 4. The number of carbonyl (C=O) groups is 2. The van der Waals surface area contributed by atoms with Gasteiger partial charge in [-0.2, -0.15) is 5.26 Å². The number of aromatic nitrogens is 3. The Morgan fingerprint density at radius 1 is 0.974 bits per heavy atom. The zero-order valence-corrected chi connectivity index (χ0v) is 21.5. The number of nitriles is 1. The fourth-order valence-electron chi connectivity index (χ4n) is 5.80. The first-order chi connectivity index (χ1) is 18.4. The van der Waals surface area contributed by atoms with Gasteiger partial charge in [0.05, 0.1) is 34.8 Å². The highest BCUT2D eigenvalue weighted by Gasteiger charge is 2.52. The third kappa shape index (κ3) is 4.53. The lowest BCUT2D eigenvalue weighted by atomic mass is 9.54. The first-order valence-corrected chi connectivity index (χ1v) is 13.3. The number of amides is 2. The van der Waals surface area contributed by atoms with Crippen LogP contribution in [0.1, 0.15) is 57.1 Å². The molecule has 192 valence electrons. The number of carbonyl (C=O) groups excluding carboxylic acids is 2. The lowest BCUT2D eigenvalue weighted by molar-refractivity contribution is -0.132. The fraction of sp³-hybridized carbons (Fsp3) is 0.400. The van der Waals surface area contributed by atoms with E-state index < -0.39 is 5.41 Å². The number of hydrogen-bond acceptors (Lipinski definition) is 6. The Bertz CT molecular complexity index is 1450. The van der Waals surface area contributed by atoms with Crippen molar-refractivity contribution in [1.29, 1.82) is 5.26 Å². The zero-order chi connectivity index (χ0) is 26.3. The molecule has 7 rings (SSSR count). The Morgan fingerprint density at radius 3 is 2.42 bits per heavy atom. The summed E-state index contributed by atoms with van der Waals surface area (Å²) in [5.74, 6) is 0.667. The Balaban J connectivity index is 1.22. The molecule has 0 radical (unpaired) electrons. The number of fused-ring (bicyclic) bond motifs is 3. The number of rotatable bonds is 6. The van der Waals surface area contributed by atoms with E-state index in [0.29, 0.717) is 11.5 Å². The molecule has 0 spiro atoms. The van der Waals surface area contributed by atoms with E-state index in [-0.39, 0.29) is 23.1 Å². The van der Waals surface area contributed by atoms with Crippen molar-refractivity contribution in [1.82, 2.24) is 15.0 Å². The highest BCUT2D eigenvalue weighted by Crippen LogP contribution is 2.56. The number of nitrogens with one attached hydrogen (secondary N) is 2. The quantitative estimate of drug-likeness (QED) is 0.445. The molecule has 0 saturated heterocycles. The van der Waals surface area contributed by atoms with E-state index in [1.807, 2.05) is 43.3 Å². The lowest BCUT2D eigenvalue weighted by Gasteiger charge is -2.49. The van der Waals surface area contributed by atoms with Crippen LogP contribution in [0.3, 0.4) is 0 Å². The maximum atomic E-state index is 13.4. The van der Waals surface area contributed by atoms with Gasteiger partial charge in [-0.05, 0) is 88.6 Å². The van der Waals surface area contributed by atoms with Crippen LogP contribution in [0.5, 0.6) is 0 Å². The molecule has 0 aliphatic heterocycles. The summed E-state index contributed by atoms with van der Waals surface area (Å²) in [6.07, 6.45) is 9.91. The fourth-order valence-corrected chi connectivity index (χ4v) is 5.80. The highest BCUT2D eigenvalue weighted by atomic mass is 16.2. The van der Waals surface area contributed by atoms with Crippen LogP contribution in [0.15, 0.2) is 48.8 Å². The van der Waals surface area contributed by atoms with Crippen LogP contribution in [0.4, 0.5) is 11.5 Å². The Labute approximate surface area is 221 Å². The van der Waals surface area contributed by atoms with Crippen molar-refractivity contribution < 1.29 is 9.59 Å². The molecule has 0 unspecified atom stereocenters. The molecule has 0 aromatic carbocycles. The number of aryl methyl sites for hydroxylation is 1. The number of anilines is 2. The van der Waals surface area contributed by atoms with Crippen molar-refractivity contribution in [2.45, 2.75) is 58.3 Å². The Hall–Kier alpha value is -4.12. The molecule has 3 aromatic rings. The molecule has 0 atom stereocenters. The summed E-state index contributed by atoms with van der Waals surface area (Å²) in [4.78, 5) is 39.3. The molecule has 4 saturated carbocycles. The van der Waals surface area contributed by atoms with Crippen LogP contribution < -0.4 is 10.6 Å². The summed E-state index contributed by atoms with van der Waals surface area (Å²) in [6, 6.07) is 13.9. The molecule has 4 aliphatic rings. The Morgan fingerprint density at radius 2 is 1.71 bits per heavy atom. The van der Waals surface area contributed by atoms with Crippen LogP contribution in [0, 0.1) is 35.0 Å². The van der Waals surface area contributed by atoms with Gasteiger partial charge in [0, 0.05) is 34.4 Å². The summed E-state index contributed by atoms with van der Waals surface area (Å²) < 4.78 is 0. The highest BCUT2D eigenvalue weighted by molar-refractivity contribution is 5.96. The molecule has 4 aliphatic carbocycles. The van der Waals surface area contributed by atoms with Crippen molar-refractivity contribution in [2.75, 3.05) is 10.6 Å². The zero-order valence-electron chi connectivity index (χ0n) is 21.5. The van der Waals surface area contributed by atoms with E-state index in [4.69, 9.17) is 4.98 Å². The van der Waals surface area contributed by atoms with Gasteiger partial charge in [-0.15, -0.1) is 0 Å². The second-order valence-electron chi connectivity index (χ2n) is 11.1. The molecule has 2 bridgehead atoms. The normalized spacial score (nSPS) is 23.9. The van der Waals surface area contributed by atoms with Gasteiger partial charge < -0.3 is 10.6 Å². The van der Waals surface area contributed by atoms with E-state index in [1.54, 1.807) is 12.4 Å². The van der Waals surface area contributed by atoms with Gasteiger partial charge >= 0.3 is 0 Å². The topological polar surface area (TPSA) is 121 Å².